The van der Waals surface area contributed by atoms with Gasteiger partial charge in [-0.1, -0.05) is 11.6 Å². The molecule has 2 aromatic rings. The minimum absolute atomic E-state index is 0.453. The number of benzene rings is 1. The molecule has 0 amide bonds. The Balaban J connectivity index is 1.65. The topological polar surface area (TPSA) is 50.5 Å². The van der Waals surface area contributed by atoms with E-state index in [1.807, 2.05) is 36.3 Å². The van der Waals surface area contributed by atoms with Crippen molar-refractivity contribution in [1.29, 1.82) is 0 Å². The number of aromatic nitrogens is 2. The molecule has 0 aliphatic rings. The Morgan fingerprint density at radius 1 is 1.38 bits per heavy atom. The largest absolute Gasteiger partial charge is 0.492 e. The lowest BCUT2D eigenvalue weighted by molar-refractivity contribution is 0.0995. The monoisotopic (exact) mass is 309 g/mol. The smallest absolute Gasteiger partial charge is 0.119 e. The summed E-state index contributed by atoms with van der Waals surface area (Å²) < 4.78 is 7.34. The van der Waals surface area contributed by atoms with Gasteiger partial charge in [-0.25, -0.2) is 0 Å². The van der Waals surface area contributed by atoms with Crippen molar-refractivity contribution in [2.45, 2.75) is 12.6 Å². The van der Waals surface area contributed by atoms with Crippen LogP contribution in [0.25, 0.3) is 0 Å². The maximum absolute atomic E-state index is 9.98. The van der Waals surface area contributed by atoms with E-state index in [2.05, 4.69) is 5.10 Å². The fourth-order valence-corrected chi connectivity index (χ4v) is 2.11. The fourth-order valence-electron chi connectivity index (χ4n) is 1.98. The van der Waals surface area contributed by atoms with E-state index in [4.69, 9.17) is 16.3 Å². The molecule has 1 heterocycles. The summed E-state index contributed by atoms with van der Waals surface area (Å²) in [5.41, 5.74) is 0. The zero-order valence-electron chi connectivity index (χ0n) is 12.0. The molecule has 0 spiro atoms. The van der Waals surface area contributed by atoms with E-state index in [0.717, 1.165) is 12.3 Å². The number of nitrogens with zero attached hydrogens (tertiary/aromatic N) is 3. The van der Waals surface area contributed by atoms with E-state index in [1.165, 1.54) is 0 Å². The molecule has 0 saturated carbocycles. The van der Waals surface area contributed by atoms with Crippen LogP contribution in [0.15, 0.2) is 42.7 Å². The first-order valence-electron chi connectivity index (χ1n) is 6.86. The molecule has 0 aliphatic carbocycles. The summed E-state index contributed by atoms with van der Waals surface area (Å²) >= 11 is 5.81. The molecule has 0 fully saturated rings. The highest BCUT2D eigenvalue weighted by molar-refractivity contribution is 6.30. The molecule has 6 heteroatoms. The Labute approximate surface area is 129 Å². The van der Waals surface area contributed by atoms with Crippen LogP contribution in [-0.4, -0.2) is 52.6 Å². The van der Waals surface area contributed by atoms with Gasteiger partial charge in [-0.2, -0.15) is 5.10 Å². The Morgan fingerprint density at radius 2 is 2.14 bits per heavy atom. The Hall–Kier alpha value is -1.56. The highest BCUT2D eigenvalue weighted by Crippen LogP contribution is 2.15. The molecule has 21 heavy (non-hydrogen) atoms. The molecule has 114 valence electrons. The van der Waals surface area contributed by atoms with Gasteiger partial charge >= 0.3 is 0 Å². The van der Waals surface area contributed by atoms with Crippen LogP contribution in [0.5, 0.6) is 5.75 Å². The Morgan fingerprint density at radius 3 is 2.81 bits per heavy atom. The second-order valence-corrected chi connectivity index (χ2v) is 5.38. The fraction of sp³-hybridized carbons (Fsp3) is 0.400. The van der Waals surface area contributed by atoms with E-state index in [-0.39, 0.29) is 0 Å². The van der Waals surface area contributed by atoms with Gasteiger partial charge in [0.05, 0.1) is 12.6 Å². The van der Waals surface area contributed by atoms with Crippen molar-refractivity contribution in [3.05, 3.63) is 47.7 Å². The van der Waals surface area contributed by atoms with Crippen molar-refractivity contribution >= 4 is 11.6 Å². The summed E-state index contributed by atoms with van der Waals surface area (Å²) in [5, 5.41) is 14.8. The molecular weight excluding hydrogens is 290 g/mol. The van der Waals surface area contributed by atoms with Gasteiger partial charge < -0.3 is 14.7 Å². The summed E-state index contributed by atoms with van der Waals surface area (Å²) in [6.45, 7) is 2.37. The Bertz CT molecular complexity index is 516. The van der Waals surface area contributed by atoms with Gasteiger partial charge in [0.25, 0.3) is 0 Å². The van der Waals surface area contributed by atoms with Crippen molar-refractivity contribution in [3.8, 4) is 5.75 Å². The molecule has 0 radical (unpaired) electrons. The number of aliphatic hydroxyl groups is 1. The van der Waals surface area contributed by atoms with Crippen LogP contribution in [0.3, 0.4) is 0 Å². The lowest BCUT2D eigenvalue weighted by Gasteiger charge is -2.20. The van der Waals surface area contributed by atoms with E-state index in [9.17, 15) is 5.11 Å². The summed E-state index contributed by atoms with van der Waals surface area (Å²) in [5.74, 6) is 0.796. The average molecular weight is 310 g/mol. The lowest BCUT2D eigenvalue weighted by Crippen LogP contribution is -2.34. The van der Waals surface area contributed by atoms with Gasteiger partial charge in [-0.05, 0) is 37.4 Å². The predicted octanol–water partition coefficient (Wildman–Crippen LogP) is 1.91. The molecule has 0 saturated heterocycles. The number of hydrogen-bond donors (Lipinski definition) is 1. The molecule has 1 atom stereocenters. The van der Waals surface area contributed by atoms with E-state index in [0.29, 0.717) is 24.7 Å². The van der Waals surface area contributed by atoms with Gasteiger partial charge in [0.1, 0.15) is 12.4 Å². The minimum Gasteiger partial charge on any atom is -0.492 e. The summed E-state index contributed by atoms with van der Waals surface area (Å²) in [6, 6.07) is 9.13. The Kier molecular flexibility index (Phi) is 6.04. The standard InChI is InChI=1S/C15H20ClN3O2/c1-18(11-14(20)12-19-8-2-7-17-19)9-10-21-15-5-3-13(16)4-6-15/h2-8,14,20H,9-12H2,1H3/t14-/m0/s1. The van der Waals surface area contributed by atoms with Crippen LogP contribution in [0.2, 0.25) is 5.02 Å². The molecule has 0 aliphatic heterocycles. The molecule has 5 nitrogen and oxygen atoms in total. The number of hydrogen-bond acceptors (Lipinski definition) is 4. The van der Waals surface area contributed by atoms with Crippen LogP contribution in [-0.2, 0) is 6.54 Å². The third-order valence-corrected chi connectivity index (χ3v) is 3.29. The highest BCUT2D eigenvalue weighted by atomic mass is 35.5. The van der Waals surface area contributed by atoms with Crippen molar-refractivity contribution in [3.63, 3.8) is 0 Å². The summed E-state index contributed by atoms with van der Waals surface area (Å²) in [6.07, 6.45) is 3.09. The van der Waals surface area contributed by atoms with E-state index < -0.39 is 6.10 Å². The predicted molar refractivity (Wildman–Crippen MR) is 82.7 cm³/mol. The number of aliphatic hydroxyl groups excluding tert-OH is 1. The normalized spacial score (nSPS) is 12.6. The van der Waals surface area contributed by atoms with Crippen molar-refractivity contribution in [2.75, 3.05) is 26.7 Å². The van der Waals surface area contributed by atoms with Crippen LogP contribution < -0.4 is 4.74 Å². The minimum atomic E-state index is -0.453. The van der Waals surface area contributed by atoms with Gasteiger partial charge in [0, 0.05) is 30.5 Å². The number of likely N-dealkylation sites (N-methyl/N-ethyl adjacent to an activating group) is 1. The number of halogens is 1. The average Bonchev–Trinajstić information content (AvgIpc) is 2.93. The SMILES string of the molecule is CN(CCOc1ccc(Cl)cc1)C[C@H](O)Cn1cccn1. The summed E-state index contributed by atoms with van der Waals surface area (Å²) in [7, 11) is 1.96. The summed E-state index contributed by atoms with van der Waals surface area (Å²) in [4.78, 5) is 2.03. The second-order valence-electron chi connectivity index (χ2n) is 4.95. The third kappa shape index (κ3) is 5.75. The van der Waals surface area contributed by atoms with Gasteiger partial charge in [-0.15, -0.1) is 0 Å². The molecule has 1 aromatic carbocycles. The van der Waals surface area contributed by atoms with Crippen molar-refractivity contribution < 1.29 is 9.84 Å². The third-order valence-electron chi connectivity index (χ3n) is 3.03. The highest BCUT2D eigenvalue weighted by Gasteiger charge is 2.09. The molecule has 2 rings (SSSR count). The van der Waals surface area contributed by atoms with Crippen LogP contribution in [0.4, 0.5) is 0 Å². The molecule has 1 aromatic heterocycles. The van der Waals surface area contributed by atoms with Crippen LogP contribution in [0, 0.1) is 0 Å². The van der Waals surface area contributed by atoms with Crippen LogP contribution in [0.1, 0.15) is 0 Å². The zero-order valence-corrected chi connectivity index (χ0v) is 12.8. The number of ether oxygens (including phenoxy) is 1. The van der Waals surface area contributed by atoms with Crippen molar-refractivity contribution in [1.82, 2.24) is 14.7 Å². The maximum atomic E-state index is 9.98. The van der Waals surface area contributed by atoms with E-state index in [1.54, 1.807) is 23.0 Å². The first-order chi connectivity index (χ1) is 10.1. The van der Waals surface area contributed by atoms with Gasteiger partial charge in [0.2, 0.25) is 0 Å². The first-order valence-corrected chi connectivity index (χ1v) is 7.23. The lowest BCUT2D eigenvalue weighted by atomic mass is 10.3. The molecule has 0 unspecified atom stereocenters. The number of rotatable bonds is 8. The quantitative estimate of drug-likeness (QED) is 0.809. The van der Waals surface area contributed by atoms with Gasteiger partial charge in [-0.3, -0.25) is 4.68 Å². The first kappa shape index (κ1) is 15.8. The van der Waals surface area contributed by atoms with Gasteiger partial charge in [0.15, 0.2) is 0 Å². The second kappa shape index (κ2) is 8.02. The van der Waals surface area contributed by atoms with E-state index >= 15 is 0 Å². The van der Waals surface area contributed by atoms with Crippen LogP contribution >= 0.6 is 11.6 Å². The molecule has 0 bridgehead atoms. The molecular formula is C15H20ClN3O2. The zero-order chi connectivity index (χ0) is 15.1. The van der Waals surface area contributed by atoms with Crippen molar-refractivity contribution in [2.24, 2.45) is 0 Å². The molecule has 1 N–H and O–H groups in total. The maximum Gasteiger partial charge on any atom is 0.119 e.